The van der Waals surface area contributed by atoms with Crippen molar-refractivity contribution >= 4 is 5.91 Å². The van der Waals surface area contributed by atoms with Crippen LogP contribution >= 0.6 is 0 Å². The standard InChI is InChI=1S/C17H21N3O3/c1-11-13(9-19-20(11)17(2,3)4)16(21)18-8-12-5-6-14-15(7-12)23-10-22-14/h5-7,9H,8,10H2,1-4H3,(H,18,21). The second kappa shape index (κ2) is 5.61. The molecule has 1 N–H and O–H groups in total. The number of aromatic nitrogens is 2. The van der Waals surface area contributed by atoms with Gasteiger partial charge < -0.3 is 14.8 Å². The van der Waals surface area contributed by atoms with Crippen molar-refractivity contribution in [2.24, 2.45) is 0 Å². The SMILES string of the molecule is Cc1c(C(=O)NCc2ccc3c(c2)OCO3)cnn1C(C)(C)C. The Balaban J connectivity index is 1.69. The molecule has 0 fully saturated rings. The first kappa shape index (κ1) is 15.4. The van der Waals surface area contributed by atoms with E-state index in [2.05, 4.69) is 31.2 Å². The predicted octanol–water partition coefficient (Wildman–Crippen LogP) is 2.61. The van der Waals surface area contributed by atoms with Gasteiger partial charge in [0.05, 0.1) is 17.3 Å². The second-order valence-electron chi connectivity index (χ2n) is 6.60. The fourth-order valence-electron chi connectivity index (χ4n) is 2.64. The lowest BCUT2D eigenvalue weighted by Gasteiger charge is -2.21. The highest BCUT2D eigenvalue weighted by Gasteiger charge is 2.21. The number of hydrogen-bond donors (Lipinski definition) is 1. The number of ether oxygens (including phenoxy) is 2. The van der Waals surface area contributed by atoms with Gasteiger partial charge in [-0.15, -0.1) is 0 Å². The Kier molecular flexibility index (Phi) is 3.75. The van der Waals surface area contributed by atoms with E-state index in [4.69, 9.17) is 9.47 Å². The van der Waals surface area contributed by atoms with Gasteiger partial charge in [-0.25, -0.2) is 0 Å². The first-order chi connectivity index (χ1) is 10.9. The minimum atomic E-state index is -0.153. The Labute approximate surface area is 135 Å². The molecule has 6 nitrogen and oxygen atoms in total. The molecular formula is C17H21N3O3. The lowest BCUT2D eigenvalue weighted by atomic mass is 10.1. The van der Waals surface area contributed by atoms with Gasteiger partial charge in [0.1, 0.15) is 0 Å². The van der Waals surface area contributed by atoms with Crippen molar-refractivity contribution in [1.82, 2.24) is 15.1 Å². The Hall–Kier alpha value is -2.50. The van der Waals surface area contributed by atoms with Crippen molar-refractivity contribution in [3.05, 3.63) is 41.2 Å². The van der Waals surface area contributed by atoms with Crippen LogP contribution in [0.15, 0.2) is 24.4 Å². The van der Waals surface area contributed by atoms with E-state index in [1.807, 2.05) is 29.8 Å². The van der Waals surface area contributed by atoms with E-state index in [9.17, 15) is 4.79 Å². The van der Waals surface area contributed by atoms with Crippen LogP contribution in [-0.2, 0) is 12.1 Å². The molecule has 122 valence electrons. The van der Waals surface area contributed by atoms with Crippen LogP contribution in [0.3, 0.4) is 0 Å². The van der Waals surface area contributed by atoms with Gasteiger partial charge in [-0.2, -0.15) is 5.10 Å². The van der Waals surface area contributed by atoms with E-state index in [0.717, 1.165) is 17.0 Å². The summed E-state index contributed by atoms with van der Waals surface area (Å²) in [5, 5.41) is 7.25. The van der Waals surface area contributed by atoms with E-state index < -0.39 is 0 Å². The van der Waals surface area contributed by atoms with Crippen LogP contribution in [0.4, 0.5) is 0 Å². The number of carbonyl (C=O) groups is 1. The van der Waals surface area contributed by atoms with Crippen molar-refractivity contribution < 1.29 is 14.3 Å². The second-order valence-corrected chi connectivity index (χ2v) is 6.60. The van der Waals surface area contributed by atoms with Gasteiger partial charge in [-0.05, 0) is 45.4 Å². The molecule has 0 aliphatic carbocycles. The molecule has 0 bridgehead atoms. The maximum atomic E-state index is 12.4. The number of nitrogens with zero attached hydrogens (tertiary/aromatic N) is 2. The molecule has 6 heteroatoms. The van der Waals surface area contributed by atoms with Crippen LogP contribution in [0.5, 0.6) is 11.5 Å². The van der Waals surface area contributed by atoms with Crippen LogP contribution in [-0.4, -0.2) is 22.5 Å². The van der Waals surface area contributed by atoms with Gasteiger partial charge in [0.15, 0.2) is 11.5 Å². The molecular weight excluding hydrogens is 294 g/mol. The molecule has 1 amide bonds. The fraction of sp³-hybridized carbons (Fsp3) is 0.412. The first-order valence-electron chi connectivity index (χ1n) is 7.58. The number of nitrogens with one attached hydrogen (secondary N) is 1. The Morgan fingerprint density at radius 3 is 2.74 bits per heavy atom. The molecule has 0 saturated heterocycles. The molecule has 0 spiro atoms. The summed E-state index contributed by atoms with van der Waals surface area (Å²) in [4.78, 5) is 12.4. The highest BCUT2D eigenvalue weighted by atomic mass is 16.7. The Bertz CT molecular complexity index is 744. The monoisotopic (exact) mass is 315 g/mol. The zero-order valence-electron chi connectivity index (χ0n) is 13.8. The molecule has 1 aliphatic heterocycles. The number of amides is 1. The van der Waals surface area contributed by atoms with Crippen LogP contribution in [0.2, 0.25) is 0 Å². The third-order valence-electron chi connectivity index (χ3n) is 3.78. The zero-order chi connectivity index (χ0) is 16.6. The third-order valence-corrected chi connectivity index (χ3v) is 3.78. The fourth-order valence-corrected chi connectivity index (χ4v) is 2.64. The van der Waals surface area contributed by atoms with Gasteiger partial charge in [-0.3, -0.25) is 9.48 Å². The molecule has 2 heterocycles. The van der Waals surface area contributed by atoms with Crippen molar-refractivity contribution in [1.29, 1.82) is 0 Å². The van der Waals surface area contributed by atoms with Gasteiger partial charge >= 0.3 is 0 Å². The number of rotatable bonds is 3. The number of carbonyl (C=O) groups excluding carboxylic acids is 1. The molecule has 1 aromatic carbocycles. The molecule has 0 atom stereocenters. The Morgan fingerprint density at radius 1 is 1.30 bits per heavy atom. The quantitative estimate of drug-likeness (QED) is 0.945. The maximum absolute atomic E-state index is 12.4. The summed E-state index contributed by atoms with van der Waals surface area (Å²) in [7, 11) is 0. The largest absolute Gasteiger partial charge is 0.454 e. The van der Waals surface area contributed by atoms with E-state index in [-0.39, 0.29) is 18.2 Å². The van der Waals surface area contributed by atoms with Crippen LogP contribution in [0, 0.1) is 6.92 Å². The van der Waals surface area contributed by atoms with Gasteiger partial charge in [0.2, 0.25) is 6.79 Å². The minimum absolute atomic E-state index is 0.129. The summed E-state index contributed by atoms with van der Waals surface area (Å²) in [6.07, 6.45) is 1.62. The van der Waals surface area contributed by atoms with Crippen molar-refractivity contribution in [3.8, 4) is 11.5 Å². The summed E-state index contributed by atoms with van der Waals surface area (Å²) < 4.78 is 12.5. The van der Waals surface area contributed by atoms with Gasteiger partial charge in [0, 0.05) is 12.2 Å². The average Bonchev–Trinajstić information content (AvgIpc) is 3.09. The minimum Gasteiger partial charge on any atom is -0.454 e. The van der Waals surface area contributed by atoms with E-state index in [1.54, 1.807) is 6.20 Å². The Morgan fingerprint density at radius 2 is 2.04 bits per heavy atom. The van der Waals surface area contributed by atoms with Crippen LogP contribution in [0.1, 0.15) is 42.4 Å². The van der Waals surface area contributed by atoms with Crippen LogP contribution < -0.4 is 14.8 Å². The van der Waals surface area contributed by atoms with Crippen molar-refractivity contribution in [3.63, 3.8) is 0 Å². The van der Waals surface area contributed by atoms with E-state index in [0.29, 0.717) is 17.9 Å². The number of benzene rings is 1. The number of hydrogen-bond acceptors (Lipinski definition) is 4. The smallest absolute Gasteiger partial charge is 0.255 e. The molecule has 1 aliphatic rings. The average molecular weight is 315 g/mol. The summed E-state index contributed by atoms with van der Waals surface area (Å²) in [5.41, 5.74) is 2.27. The summed E-state index contributed by atoms with van der Waals surface area (Å²) >= 11 is 0. The van der Waals surface area contributed by atoms with E-state index in [1.165, 1.54) is 0 Å². The predicted molar refractivity (Wildman–Crippen MR) is 85.7 cm³/mol. The highest BCUT2D eigenvalue weighted by molar-refractivity contribution is 5.95. The van der Waals surface area contributed by atoms with Crippen LogP contribution in [0.25, 0.3) is 0 Å². The van der Waals surface area contributed by atoms with Crippen molar-refractivity contribution in [2.45, 2.75) is 39.8 Å². The zero-order valence-corrected chi connectivity index (χ0v) is 13.8. The lowest BCUT2D eigenvalue weighted by molar-refractivity contribution is 0.0950. The molecule has 2 aromatic rings. The highest BCUT2D eigenvalue weighted by Crippen LogP contribution is 2.32. The summed E-state index contributed by atoms with van der Waals surface area (Å²) in [6.45, 7) is 8.75. The van der Waals surface area contributed by atoms with E-state index >= 15 is 0 Å². The number of fused-ring (bicyclic) bond motifs is 1. The normalized spacial score (nSPS) is 13.2. The first-order valence-corrected chi connectivity index (χ1v) is 7.58. The lowest BCUT2D eigenvalue weighted by Crippen LogP contribution is -2.26. The molecule has 0 saturated carbocycles. The molecule has 23 heavy (non-hydrogen) atoms. The molecule has 0 unspecified atom stereocenters. The van der Waals surface area contributed by atoms with Gasteiger partial charge in [-0.1, -0.05) is 6.07 Å². The third kappa shape index (κ3) is 3.02. The summed E-state index contributed by atoms with van der Waals surface area (Å²) in [5.74, 6) is 1.33. The molecule has 3 rings (SSSR count). The maximum Gasteiger partial charge on any atom is 0.255 e. The topological polar surface area (TPSA) is 65.4 Å². The summed E-state index contributed by atoms with van der Waals surface area (Å²) in [6, 6.07) is 5.65. The van der Waals surface area contributed by atoms with Gasteiger partial charge in [0.25, 0.3) is 5.91 Å². The molecule has 1 aromatic heterocycles. The molecule has 0 radical (unpaired) electrons. The van der Waals surface area contributed by atoms with Crippen molar-refractivity contribution in [2.75, 3.05) is 6.79 Å².